The molecular formula is C59H105N11O7. The highest BCUT2D eigenvalue weighted by atomic mass is 16.6. The molecule has 3 fully saturated rings. The van der Waals surface area contributed by atoms with Crippen molar-refractivity contribution >= 4 is 17.9 Å². The van der Waals surface area contributed by atoms with Crippen LogP contribution < -0.4 is 21.7 Å². The number of nitrogens with one attached hydrogen (secondary N) is 4. The van der Waals surface area contributed by atoms with Crippen molar-refractivity contribution in [2.24, 2.45) is 41.2 Å². The van der Waals surface area contributed by atoms with Crippen molar-refractivity contribution in [3.8, 4) is 11.5 Å². The molecule has 0 aromatic heterocycles. The molecular weight excluding hydrogens is 975 g/mol. The first-order chi connectivity index (χ1) is 35.3. The number of carbonyl (C=O) groups is 3. The van der Waals surface area contributed by atoms with E-state index < -0.39 is 17.7 Å². The molecule has 10 N–H and O–H groups in total. The molecule has 5 heterocycles. The van der Waals surface area contributed by atoms with Crippen molar-refractivity contribution in [2.45, 2.75) is 191 Å². The van der Waals surface area contributed by atoms with Crippen LogP contribution in [-0.2, 0) is 40.3 Å². The molecule has 18 heteroatoms. The highest BCUT2D eigenvalue weighted by Crippen LogP contribution is 2.29. The third kappa shape index (κ3) is 23.3. The van der Waals surface area contributed by atoms with Crippen molar-refractivity contribution in [3.05, 3.63) is 69.1 Å². The molecule has 5 aliphatic rings. The molecule has 0 spiro atoms. The molecule has 7 rings (SSSR count). The normalized spacial score (nSPS) is 20.8. The number of hydrogen-bond donors (Lipinski definition) is 7. The quantitative estimate of drug-likeness (QED) is 0.0567. The smallest absolute Gasteiger partial charge is 0.411 e. The molecule has 5 atom stereocenters. The first-order valence-corrected chi connectivity index (χ1v) is 28.2. The van der Waals surface area contributed by atoms with Gasteiger partial charge in [0, 0.05) is 50.7 Å². The third-order valence-electron chi connectivity index (χ3n) is 15.8. The monoisotopic (exact) mass is 1080 g/mol. The number of likely N-dealkylation sites (tertiary alicyclic amines) is 3. The maximum absolute atomic E-state index is 13.5. The highest BCUT2D eigenvalue weighted by Gasteiger charge is 2.39. The van der Waals surface area contributed by atoms with Gasteiger partial charge in [-0.1, -0.05) is 81.9 Å². The number of rotatable bonds is 13. The summed E-state index contributed by atoms with van der Waals surface area (Å²) in [4.78, 5) is 50.1. The van der Waals surface area contributed by atoms with Crippen LogP contribution in [-0.4, -0.2) is 148 Å². The van der Waals surface area contributed by atoms with Crippen molar-refractivity contribution < 1.29 is 34.8 Å². The van der Waals surface area contributed by atoms with Crippen LogP contribution in [0, 0.1) is 41.0 Å². The van der Waals surface area contributed by atoms with Crippen molar-refractivity contribution in [2.75, 3.05) is 58.9 Å². The zero-order valence-electron chi connectivity index (χ0n) is 48.5. The lowest BCUT2D eigenvalue weighted by atomic mass is 9.92. The number of ether oxygens (including phenoxy) is 1. The molecule has 2 aromatic carbocycles. The maximum atomic E-state index is 13.5. The predicted molar refractivity (Wildman–Crippen MR) is 310 cm³/mol. The Morgan fingerprint density at radius 1 is 0.701 bits per heavy atom. The Hall–Kier alpha value is -4.68. The summed E-state index contributed by atoms with van der Waals surface area (Å²) in [5.41, 5.74) is 21.7. The standard InChI is InChI=1S/C26H41N3O4.C21H33N3O2.C11H24N2.CH4.HN3.H2O/c1-17(2)22(16-28-11-9-18(3)10-12-28)27-24(31)23-14-19-7-8-21(30)13-20(19)15-29(23)25(32)33-26(4,5)6;1-14(2)20(13-24-8-6-15(3)7-9-24)23-21(26)19-11-16-4-5-18(25)10-17(16)12-22-19;1-9(2)11(12)8-13-6-4-10(3)5-7-13;;1-3-2;/h7-8,13,17-18,22-23,30H,9-12,14-16H2,1-6H3,(H,27,31);4-5,10,14-15,19-20,22,25H,6-9,11-13H2,1-3H3,(H,23,26);9-11H,4-8,12H2,1-3H3;1H4;1H;1H2/t22-,23-;19-,20-;11-;;;/m000.../s1. The van der Waals surface area contributed by atoms with Gasteiger partial charge in [0.25, 0.3) is 0 Å². The second kappa shape index (κ2) is 33.0. The number of carbonyl (C=O) groups excluding carboxylic acids is 3. The molecule has 3 saturated heterocycles. The van der Waals surface area contributed by atoms with E-state index in [-0.39, 0.29) is 66.8 Å². The predicted octanol–water partition coefficient (Wildman–Crippen LogP) is 8.59. The Morgan fingerprint density at radius 2 is 1.10 bits per heavy atom. The molecule has 438 valence electrons. The topological polar surface area (TPSA) is 268 Å². The van der Waals surface area contributed by atoms with E-state index in [1.54, 1.807) is 29.2 Å². The van der Waals surface area contributed by atoms with Gasteiger partial charge in [-0.3, -0.25) is 14.5 Å². The van der Waals surface area contributed by atoms with Gasteiger partial charge in [0.05, 0.1) is 12.6 Å². The lowest BCUT2D eigenvalue weighted by molar-refractivity contribution is -0.128. The van der Waals surface area contributed by atoms with E-state index in [1.807, 2.05) is 32.9 Å². The number of piperidine rings is 3. The Kier molecular flexibility index (Phi) is 29.4. The van der Waals surface area contributed by atoms with Gasteiger partial charge in [0.15, 0.2) is 0 Å². The van der Waals surface area contributed by atoms with E-state index in [0.29, 0.717) is 37.3 Å². The van der Waals surface area contributed by atoms with Gasteiger partial charge in [-0.05, 0) is 197 Å². The average molecular weight is 1080 g/mol. The zero-order chi connectivity index (χ0) is 55.6. The van der Waals surface area contributed by atoms with Crippen LogP contribution in [0.3, 0.4) is 0 Å². The Balaban J connectivity index is 0.000000409. The lowest BCUT2D eigenvalue weighted by Gasteiger charge is -2.39. The molecule has 77 heavy (non-hydrogen) atoms. The van der Waals surface area contributed by atoms with Gasteiger partial charge >= 0.3 is 6.09 Å². The fraction of sp³-hybridized carbons (Fsp3) is 0.746. The molecule has 0 bridgehead atoms. The number of hydrogen-bond acceptors (Lipinski definition) is 12. The molecule has 18 nitrogen and oxygen atoms in total. The number of amides is 3. The summed E-state index contributed by atoms with van der Waals surface area (Å²) in [6.07, 6.45) is 8.16. The summed E-state index contributed by atoms with van der Waals surface area (Å²) in [6, 6.07) is 10.2. The molecule has 0 aliphatic carbocycles. The molecule has 0 saturated carbocycles. The van der Waals surface area contributed by atoms with Crippen LogP contribution in [0.25, 0.3) is 10.4 Å². The van der Waals surface area contributed by atoms with Crippen molar-refractivity contribution in [1.82, 2.24) is 35.6 Å². The SMILES string of the molecule is C.CC1CCN(C[C@H](N)C(C)C)CC1.CC1CCN(C[C@H](NC(=O)[C@@H]2Cc3ccc(O)cc3CN2)C(C)C)CC1.CC1CCN(C[C@H](NC(=O)[C@@H]2Cc3ccc(O)cc3CN2C(=O)OC(C)(C)C)C(C)C)CC1.O.[N-]=[N+]=N. The number of nitrogens with zero attached hydrogens (tertiary/aromatic N) is 6. The molecule has 3 amide bonds. The summed E-state index contributed by atoms with van der Waals surface area (Å²) >= 11 is 0. The van der Waals surface area contributed by atoms with E-state index in [1.165, 1.54) is 56.5 Å². The number of phenolic OH excluding ortho intramolecular Hbond substituents is 2. The van der Waals surface area contributed by atoms with E-state index in [0.717, 1.165) is 85.8 Å². The lowest BCUT2D eigenvalue weighted by Crippen LogP contribution is -2.57. The summed E-state index contributed by atoms with van der Waals surface area (Å²) in [6.45, 7) is 36.1. The van der Waals surface area contributed by atoms with Gasteiger partial charge in [0.2, 0.25) is 11.8 Å². The van der Waals surface area contributed by atoms with Crippen molar-refractivity contribution in [3.63, 3.8) is 0 Å². The second-order valence-electron chi connectivity index (χ2n) is 24.5. The van der Waals surface area contributed by atoms with Gasteiger partial charge in [-0.25, -0.2) is 4.79 Å². The summed E-state index contributed by atoms with van der Waals surface area (Å²) in [7, 11) is 0. The molecule has 0 unspecified atom stereocenters. The first kappa shape index (κ1) is 68.4. The number of phenols is 2. The van der Waals surface area contributed by atoms with Crippen LogP contribution in [0.1, 0.15) is 151 Å². The number of fused-ring (bicyclic) bond motifs is 2. The van der Waals surface area contributed by atoms with Crippen molar-refractivity contribution in [1.29, 1.82) is 5.53 Å². The van der Waals surface area contributed by atoms with Gasteiger partial charge < -0.3 is 56.8 Å². The zero-order valence-corrected chi connectivity index (χ0v) is 48.5. The summed E-state index contributed by atoms with van der Waals surface area (Å²) in [5, 5.41) is 29.4. The number of benzene rings is 2. The van der Waals surface area contributed by atoms with Crippen LogP contribution >= 0.6 is 0 Å². The van der Waals surface area contributed by atoms with Crippen LogP contribution in [0.5, 0.6) is 11.5 Å². The van der Waals surface area contributed by atoms with E-state index in [2.05, 4.69) is 93.0 Å². The minimum Gasteiger partial charge on any atom is -0.508 e. The minimum absolute atomic E-state index is 0. The average Bonchev–Trinajstić information content (AvgIpc) is 3.35. The Morgan fingerprint density at radius 3 is 1.52 bits per heavy atom. The number of aromatic hydroxyl groups is 2. The molecule has 0 radical (unpaired) electrons. The molecule has 2 aromatic rings. The van der Waals surface area contributed by atoms with Crippen LogP contribution in [0.4, 0.5) is 4.79 Å². The number of nitrogens with two attached hydrogens (primary N) is 1. The Bertz CT molecular complexity index is 2110. The molecule has 5 aliphatic heterocycles. The van der Waals surface area contributed by atoms with E-state index >= 15 is 0 Å². The largest absolute Gasteiger partial charge is 0.508 e. The first-order valence-electron chi connectivity index (χ1n) is 28.2. The second-order valence-corrected chi connectivity index (χ2v) is 24.5. The van der Waals surface area contributed by atoms with E-state index in [9.17, 15) is 24.6 Å². The maximum Gasteiger partial charge on any atom is 0.411 e. The summed E-state index contributed by atoms with van der Waals surface area (Å²) < 4.78 is 5.62. The minimum atomic E-state index is -0.664. The third-order valence-corrected chi connectivity index (χ3v) is 15.8. The van der Waals surface area contributed by atoms with Gasteiger partial charge in [0.1, 0.15) is 23.1 Å². The Labute approximate surface area is 463 Å². The van der Waals surface area contributed by atoms with Gasteiger partial charge in [-0.2, -0.15) is 0 Å². The fourth-order valence-electron chi connectivity index (χ4n) is 10.2. The van der Waals surface area contributed by atoms with Crippen LogP contribution in [0.2, 0.25) is 0 Å². The van der Waals surface area contributed by atoms with E-state index in [4.69, 9.17) is 21.5 Å². The van der Waals surface area contributed by atoms with Crippen LogP contribution in [0.15, 0.2) is 36.4 Å². The highest BCUT2D eigenvalue weighted by molar-refractivity contribution is 5.87. The van der Waals surface area contributed by atoms with Gasteiger partial charge in [-0.15, -0.1) is 5.53 Å². The fourth-order valence-corrected chi connectivity index (χ4v) is 10.2. The summed E-state index contributed by atoms with van der Waals surface area (Å²) in [5.74, 6) is 4.17.